The molecule has 0 saturated carbocycles. The zero-order chi connectivity index (χ0) is 26.2. The van der Waals surface area contributed by atoms with Gasteiger partial charge in [-0.3, -0.25) is 15.0 Å². The second-order valence-corrected chi connectivity index (χ2v) is 9.95. The first-order chi connectivity index (χ1) is 19.2. The normalized spacial score (nSPS) is 14.0. The molecule has 6 aromatic rings. The number of aromatic amines is 2. The van der Waals surface area contributed by atoms with Gasteiger partial charge in [0.15, 0.2) is 0 Å². The fourth-order valence-electron chi connectivity index (χ4n) is 5.39. The Morgan fingerprint density at radius 1 is 0.872 bits per heavy atom. The summed E-state index contributed by atoms with van der Waals surface area (Å²) in [6.07, 6.45) is 7.94. The van der Waals surface area contributed by atoms with E-state index < -0.39 is 0 Å². The number of rotatable bonds is 7. The van der Waals surface area contributed by atoms with Crippen LogP contribution in [0.5, 0.6) is 5.75 Å². The maximum absolute atomic E-state index is 13.5. The number of aromatic nitrogens is 5. The van der Waals surface area contributed by atoms with Crippen LogP contribution in [0.3, 0.4) is 0 Å². The topological polar surface area (TPSA) is 82.7 Å². The van der Waals surface area contributed by atoms with Crippen molar-refractivity contribution in [3.8, 4) is 39.4 Å². The van der Waals surface area contributed by atoms with Crippen LogP contribution in [-0.2, 0) is 0 Å². The lowest BCUT2D eigenvalue weighted by atomic mass is 10.0. The largest absolute Gasteiger partial charge is 0.491 e. The van der Waals surface area contributed by atoms with E-state index in [0.29, 0.717) is 6.61 Å². The Labute approximate surface area is 224 Å². The average molecular weight is 519 g/mol. The van der Waals surface area contributed by atoms with Gasteiger partial charge in [-0.1, -0.05) is 18.2 Å². The Kier molecular flexibility index (Phi) is 6.01. The van der Waals surface area contributed by atoms with Crippen molar-refractivity contribution < 1.29 is 9.13 Å². The number of hydrogen-bond donors (Lipinski definition) is 2. The van der Waals surface area contributed by atoms with Crippen molar-refractivity contribution in [2.75, 3.05) is 26.2 Å². The minimum atomic E-state index is -0.257. The summed E-state index contributed by atoms with van der Waals surface area (Å²) in [4.78, 5) is 14.8. The van der Waals surface area contributed by atoms with E-state index in [9.17, 15) is 4.39 Å². The second-order valence-electron chi connectivity index (χ2n) is 9.95. The lowest BCUT2D eigenvalue weighted by Gasteiger charge is -2.15. The van der Waals surface area contributed by atoms with Gasteiger partial charge in [-0.25, -0.2) is 9.37 Å². The third kappa shape index (κ3) is 4.64. The molecule has 7 rings (SSSR count). The second kappa shape index (κ2) is 9.96. The van der Waals surface area contributed by atoms with Gasteiger partial charge in [0.2, 0.25) is 0 Å². The molecule has 0 bridgehead atoms. The van der Waals surface area contributed by atoms with Gasteiger partial charge in [-0.05, 0) is 85.1 Å². The number of pyridine rings is 2. The lowest BCUT2D eigenvalue weighted by Crippen LogP contribution is -2.25. The fourth-order valence-corrected chi connectivity index (χ4v) is 5.39. The quantitative estimate of drug-likeness (QED) is 0.254. The number of H-pyrrole nitrogens is 2. The molecule has 194 valence electrons. The van der Waals surface area contributed by atoms with Crippen LogP contribution in [0, 0.1) is 5.82 Å². The fraction of sp³-hybridized carbons (Fsp3) is 0.194. The number of hydrogen-bond acceptors (Lipinski definition) is 5. The smallest absolute Gasteiger partial charge is 0.138 e. The van der Waals surface area contributed by atoms with Crippen molar-refractivity contribution in [1.82, 2.24) is 30.0 Å². The summed E-state index contributed by atoms with van der Waals surface area (Å²) in [5, 5.41) is 9.72. The Morgan fingerprint density at radius 2 is 1.72 bits per heavy atom. The van der Waals surface area contributed by atoms with Crippen molar-refractivity contribution >= 4 is 21.9 Å². The van der Waals surface area contributed by atoms with Crippen molar-refractivity contribution in [1.29, 1.82) is 0 Å². The summed E-state index contributed by atoms with van der Waals surface area (Å²) in [6, 6.07) is 18.8. The molecule has 0 amide bonds. The summed E-state index contributed by atoms with van der Waals surface area (Å²) in [6.45, 7) is 3.92. The van der Waals surface area contributed by atoms with Gasteiger partial charge in [0.05, 0.1) is 17.4 Å². The molecular weight excluding hydrogens is 491 g/mol. The van der Waals surface area contributed by atoms with Gasteiger partial charge in [-0.2, -0.15) is 5.10 Å². The van der Waals surface area contributed by atoms with Crippen LogP contribution in [-0.4, -0.2) is 56.3 Å². The minimum Gasteiger partial charge on any atom is -0.491 e. The first kappa shape index (κ1) is 23.5. The van der Waals surface area contributed by atoms with Crippen LogP contribution >= 0.6 is 0 Å². The highest BCUT2D eigenvalue weighted by molar-refractivity contribution is 6.00. The highest BCUT2D eigenvalue weighted by Gasteiger charge is 2.16. The monoisotopic (exact) mass is 518 g/mol. The van der Waals surface area contributed by atoms with Crippen molar-refractivity contribution in [2.45, 2.75) is 12.8 Å². The Balaban J connectivity index is 1.20. The van der Waals surface area contributed by atoms with E-state index in [1.165, 1.54) is 25.0 Å². The van der Waals surface area contributed by atoms with E-state index in [4.69, 9.17) is 4.74 Å². The Morgan fingerprint density at radius 3 is 2.59 bits per heavy atom. The maximum atomic E-state index is 13.5. The molecule has 1 fully saturated rings. The standard InChI is InChI=1S/C31H27FN6O/c32-23-6-3-20(4-7-23)25-9-10-34-31-26(25)17-29(35-31)30-27-16-21(5-8-28(27)36-37-30)22-15-24(19-33-18-22)39-14-13-38-11-1-2-12-38/h3-10,15-19H,1-2,11-14H2,(H,34,35)(H,36,37). The van der Waals surface area contributed by atoms with E-state index in [0.717, 1.165) is 81.0 Å². The maximum Gasteiger partial charge on any atom is 0.138 e. The Bertz CT molecular complexity index is 1770. The molecule has 1 aliphatic heterocycles. The van der Waals surface area contributed by atoms with E-state index in [2.05, 4.69) is 48.2 Å². The predicted octanol–water partition coefficient (Wildman–Crippen LogP) is 6.45. The first-order valence-corrected chi connectivity index (χ1v) is 13.2. The van der Waals surface area contributed by atoms with Gasteiger partial charge in [0, 0.05) is 35.3 Å². The molecule has 2 aromatic carbocycles. The number of likely N-dealkylation sites (tertiary alicyclic amines) is 1. The van der Waals surface area contributed by atoms with Gasteiger partial charge < -0.3 is 9.72 Å². The summed E-state index contributed by atoms with van der Waals surface area (Å²) in [7, 11) is 0. The van der Waals surface area contributed by atoms with Crippen LogP contribution in [0.25, 0.3) is 55.6 Å². The highest BCUT2D eigenvalue weighted by atomic mass is 19.1. The van der Waals surface area contributed by atoms with Crippen LogP contribution in [0.2, 0.25) is 0 Å². The van der Waals surface area contributed by atoms with Gasteiger partial charge >= 0.3 is 0 Å². The first-order valence-electron chi connectivity index (χ1n) is 13.2. The molecule has 5 heterocycles. The van der Waals surface area contributed by atoms with Gasteiger partial charge in [-0.15, -0.1) is 0 Å². The Hall–Kier alpha value is -4.56. The van der Waals surface area contributed by atoms with E-state index in [1.54, 1.807) is 24.5 Å². The number of fused-ring (bicyclic) bond motifs is 2. The number of nitrogens with one attached hydrogen (secondary N) is 2. The summed E-state index contributed by atoms with van der Waals surface area (Å²) < 4.78 is 19.5. The molecule has 4 aromatic heterocycles. The van der Waals surface area contributed by atoms with E-state index in [1.807, 2.05) is 24.4 Å². The predicted molar refractivity (Wildman–Crippen MR) is 151 cm³/mol. The average Bonchev–Trinajstić information content (AvgIpc) is 3.73. The zero-order valence-corrected chi connectivity index (χ0v) is 21.3. The van der Waals surface area contributed by atoms with Crippen LogP contribution in [0.1, 0.15) is 12.8 Å². The summed E-state index contributed by atoms with van der Waals surface area (Å²) in [5.41, 5.74) is 7.28. The number of halogens is 1. The third-order valence-corrected chi connectivity index (χ3v) is 7.43. The number of ether oxygens (including phenoxy) is 1. The molecule has 2 N–H and O–H groups in total. The van der Waals surface area contributed by atoms with Gasteiger partial charge in [0.1, 0.15) is 29.5 Å². The third-order valence-electron chi connectivity index (χ3n) is 7.43. The lowest BCUT2D eigenvalue weighted by molar-refractivity contribution is 0.237. The molecular formula is C31H27FN6O. The molecule has 1 saturated heterocycles. The molecule has 0 aliphatic carbocycles. The zero-order valence-electron chi connectivity index (χ0n) is 21.3. The van der Waals surface area contributed by atoms with Crippen molar-refractivity contribution in [3.63, 3.8) is 0 Å². The van der Waals surface area contributed by atoms with Gasteiger partial charge in [0.25, 0.3) is 0 Å². The highest BCUT2D eigenvalue weighted by Crippen LogP contribution is 2.35. The van der Waals surface area contributed by atoms with E-state index in [-0.39, 0.29) is 5.82 Å². The molecule has 0 unspecified atom stereocenters. The molecule has 0 spiro atoms. The van der Waals surface area contributed by atoms with Crippen molar-refractivity contribution in [3.05, 3.63) is 85.1 Å². The molecule has 8 heteroatoms. The minimum absolute atomic E-state index is 0.257. The van der Waals surface area contributed by atoms with Crippen LogP contribution in [0.4, 0.5) is 4.39 Å². The molecule has 39 heavy (non-hydrogen) atoms. The summed E-state index contributed by atoms with van der Waals surface area (Å²) >= 11 is 0. The molecule has 7 nitrogen and oxygen atoms in total. The van der Waals surface area contributed by atoms with Crippen molar-refractivity contribution in [2.24, 2.45) is 0 Å². The van der Waals surface area contributed by atoms with E-state index >= 15 is 0 Å². The number of benzene rings is 2. The van der Waals surface area contributed by atoms with Crippen LogP contribution in [0.15, 0.2) is 79.3 Å². The summed E-state index contributed by atoms with van der Waals surface area (Å²) in [5.74, 6) is 0.515. The SMILES string of the molecule is Fc1ccc(-c2ccnc3[nH]c(-c4n[nH]c5ccc(-c6cncc(OCCN7CCCC7)c6)cc45)cc23)cc1. The molecule has 0 atom stereocenters. The van der Waals surface area contributed by atoms with Crippen LogP contribution < -0.4 is 4.74 Å². The molecule has 1 aliphatic rings. The molecule has 0 radical (unpaired) electrons. The number of nitrogens with zero attached hydrogens (tertiary/aromatic N) is 4.